The molecule has 0 amide bonds. The minimum Gasteiger partial charge on any atom is -0.339 e. The standard InChI is InChI=1S/C15H25N3O/c1-11-4-2-6-13(8-11)15-17-14(19-18-15)9-12-5-3-7-16-10-12/h11-13,16H,2-10H2,1H3. The Morgan fingerprint density at radius 1 is 1.26 bits per heavy atom. The smallest absolute Gasteiger partial charge is 0.226 e. The van der Waals surface area contributed by atoms with E-state index in [-0.39, 0.29) is 0 Å². The van der Waals surface area contributed by atoms with E-state index in [1.54, 1.807) is 0 Å². The molecule has 1 N–H and O–H groups in total. The van der Waals surface area contributed by atoms with Crippen molar-refractivity contribution in [1.29, 1.82) is 0 Å². The fourth-order valence-electron chi connectivity index (χ4n) is 3.53. The molecule has 0 spiro atoms. The Labute approximate surface area is 115 Å². The molecule has 1 aliphatic carbocycles. The second kappa shape index (κ2) is 6.04. The minimum atomic E-state index is 0.533. The summed E-state index contributed by atoms with van der Waals surface area (Å²) in [5, 5.41) is 7.67. The van der Waals surface area contributed by atoms with E-state index in [0.29, 0.717) is 11.8 Å². The molecular formula is C15H25N3O. The molecule has 106 valence electrons. The monoisotopic (exact) mass is 263 g/mol. The Bertz CT molecular complexity index is 398. The Hall–Kier alpha value is -0.900. The van der Waals surface area contributed by atoms with Crippen LogP contribution in [0, 0.1) is 11.8 Å². The SMILES string of the molecule is CC1CCCC(c2noc(CC3CCCNC3)n2)C1. The van der Waals surface area contributed by atoms with Crippen molar-refractivity contribution in [3.8, 4) is 0 Å². The second-order valence-electron chi connectivity index (χ2n) is 6.43. The van der Waals surface area contributed by atoms with Crippen molar-refractivity contribution >= 4 is 0 Å². The first-order valence-electron chi connectivity index (χ1n) is 7.84. The van der Waals surface area contributed by atoms with Crippen LogP contribution in [0.5, 0.6) is 0 Å². The van der Waals surface area contributed by atoms with Gasteiger partial charge in [-0.1, -0.05) is 24.9 Å². The highest BCUT2D eigenvalue weighted by Gasteiger charge is 2.25. The molecule has 19 heavy (non-hydrogen) atoms. The van der Waals surface area contributed by atoms with Crippen LogP contribution in [0.4, 0.5) is 0 Å². The molecule has 4 heteroatoms. The van der Waals surface area contributed by atoms with Crippen LogP contribution in [-0.4, -0.2) is 23.2 Å². The van der Waals surface area contributed by atoms with Crippen LogP contribution < -0.4 is 5.32 Å². The summed E-state index contributed by atoms with van der Waals surface area (Å²) >= 11 is 0. The van der Waals surface area contributed by atoms with Gasteiger partial charge in [0.15, 0.2) is 5.82 Å². The molecule has 1 saturated carbocycles. The molecule has 3 rings (SSSR count). The number of nitrogens with zero attached hydrogens (tertiary/aromatic N) is 2. The van der Waals surface area contributed by atoms with Crippen LogP contribution in [0.25, 0.3) is 0 Å². The predicted octanol–water partition coefficient (Wildman–Crippen LogP) is 2.91. The van der Waals surface area contributed by atoms with Crippen LogP contribution in [0.15, 0.2) is 4.52 Å². The van der Waals surface area contributed by atoms with Crippen molar-refractivity contribution in [2.75, 3.05) is 13.1 Å². The summed E-state index contributed by atoms with van der Waals surface area (Å²) in [4.78, 5) is 4.66. The van der Waals surface area contributed by atoms with Gasteiger partial charge in [0, 0.05) is 12.3 Å². The second-order valence-corrected chi connectivity index (χ2v) is 6.43. The summed E-state index contributed by atoms with van der Waals surface area (Å²) in [5.41, 5.74) is 0. The molecule has 1 saturated heterocycles. The van der Waals surface area contributed by atoms with Gasteiger partial charge in [0.2, 0.25) is 5.89 Å². The lowest BCUT2D eigenvalue weighted by molar-refractivity contribution is 0.304. The fourth-order valence-corrected chi connectivity index (χ4v) is 3.53. The van der Waals surface area contributed by atoms with Gasteiger partial charge >= 0.3 is 0 Å². The summed E-state index contributed by atoms with van der Waals surface area (Å²) in [7, 11) is 0. The number of hydrogen-bond donors (Lipinski definition) is 1. The van der Waals surface area contributed by atoms with Crippen molar-refractivity contribution in [2.24, 2.45) is 11.8 Å². The molecule has 2 heterocycles. The van der Waals surface area contributed by atoms with E-state index in [2.05, 4.69) is 22.4 Å². The first-order valence-corrected chi connectivity index (χ1v) is 7.84. The van der Waals surface area contributed by atoms with Gasteiger partial charge in [0.05, 0.1) is 0 Å². The van der Waals surface area contributed by atoms with E-state index >= 15 is 0 Å². The van der Waals surface area contributed by atoms with E-state index in [1.165, 1.54) is 38.5 Å². The summed E-state index contributed by atoms with van der Waals surface area (Å²) in [6.45, 7) is 4.59. The summed E-state index contributed by atoms with van der Waals surface area (Å²) in [6, 6.07) is 0. The molecule has 2 aliphatic rings. The van der Waals surface area contributed by atoms with E-state index in [9.17, 15) is 0 Å². The summed E-state index contributed by atoms with van der Waals surface area (Å²) in [5.74, 6) is 3.83. The fraction of sp³-hybridized carbons (Fsp3) is 0.867. The van der Waals surface area contributed by atoms with Crippen LogP contribution in [-0.2, 0) is 6.42 Å². The molecule has 0 radical (unpaired) electrons. The topological polar surface area (TPSA) is 51.0 Å². The Kier molecular flexibility index (Phi) is 4.16. The zero-order valence-corrected chi connectivity index (χ0v) is 11.9. The van der Waals surface area contributed by atoms with Crippen molar-refractivity contribution in [2.45, 2.75) is 57.8 Å². The van der Waals surface area contributed by atoms with E-state index in [4.69, 9.17) is 4.52 Å². The third-order valence-electron chi connectivity index (χ3n) is 4.65. The Morgan fingerprint density at radius 3 is 3.00 bits per heavy atom. The first kappa shape index (κ1) is 13.1. The number of aromatic nitrogens is 2. The average Bonchev–Trinajstić information content (AvgIpc) is 2.88. The number of rotatable bonds is 3. The predicted molar refractivity (Wildman–Crippen MR) is 74.0 cm³/mol. The van der Waals surface area contributed by atoms with E-state index in [1.807, 2.05) is 0 Å². The van der Waals surface area contributed by atoms with Crippen molar-refractivity contribution < 1.29 is 4.52 Å². The molecule has 0 aromatic carbocycles. The molecule has 2 fully saturated rings. The highest BCUT2D eigenvalue weighted by molar-refractivity contribution is 4.98. The van der Waals surface area contributed by atoms with Crippen LogP contribution >= 0.6 is 0 Å². The van der Waals surface area contributed by atoms with Crippen molar-refractivity contribution in [1.82, 2.24) is 15.5 Å². The lowest BCUT2D eigenvalue weighted by Crippen LogP contribution is -2.30. The highest BCUT2D eigenvalue weighted by Crippen LogP contribution is 2.34. The van der Waals surface area contributed by atoms with Crippen LogP contribution in [0.1, 0.15) is 63.1 Å². The zero-order chi connectivity index (χ0) is 13.1. The Morgan fingerprint density at radius 2 is 2.21 bits per heavy atom. The lowest BCUT2D eigenvalue weighted by Gasteiger charge is -2.24. The molecule has 3 atom stereocenters. The molecule has 1 aromatic rings. The third-order valence-corrected chi connectivity index (χ3v) is 4.65. The maximum Gasteiger partial charge on any atom is 0.226 e. The van der Waals surface area contributed by atoms with Crippen molar-refractivity contribution in [3.63, 3.8) is 0 Å². The molecule has 0 bridgehead atoms. The molecule has 3 unspecified atom stereocenters. The van der Waals surface area contributed by atoms with Gasteiger partial charge in [0.1, 0.15) is 0 Å². The van der Waals surface area contributed by atoms with Gasteiger partial charge in [-0.2, -0.15) is 4.98 Å². The third kappa shape index (κ3) is 3.35. The largest absolute Gasteiger partial charge is 0.339 e. The van der Waals surface area contributed by atoms with Gasteiger partial charge < -0.3 is 9.84 Å². The van der Waals surface area contributed by atoms with Crippen LogP contribution in [0.2, 0.25) is 0 Å². The average molecular weight is 263 g/mol. The number of piperidine rings is 1. The van der Waals surface area contributed by atoms with Gasteiger partial charge in [-0.25, -0.2) is 0 Å². The van der Waals surface area contributed by atoms with Crippen molar-refractivity contribution in [3.05, 3.63) is 11.7 Å². The minimum absolute atomic E-state index is 0.533. The van der Waals surface area contributed by atoms with Crippen LogP contribution in [0.3, 0.4) is 0 Å². The molecule has 4 nitrogen and oxygen atoms in total. The summed E-state index contributed by atoms with van der Waals surface area (Å²) in [6.07, 6.45) is 8.62. The lowest BCUT2D eigenvalue weighted by atomic mass is 9.82. The zero-order valence-electron chi connectivity index (χ0n) is 11.9. The van der Waals surface area contributed by atoms with Gasteiger partial charge in [-0.3, -0.25) is 0 Å². The number of nitrogens with one attached hydrogen (secondary N) is 1. The van der Waals surface area contributed by atoms with E-state index < -0.39 is 0 Å². The first-order chi connectivity index (χ1) is 9.31. The molecule has 1 aromatic heterocycles. The normalized spacial score (nSPS) is 32.4. The maximum atomic E-state index is 5.47. The van der Waals surface area contributed by atoms with Gasteiger partial charge in [-0.05, 0) is 50.6 Å². The molecular weight excluding hydrogens is 238 g/mol. The number of hydrogen-bond acceptors (Lipinski definition) is 4. The quantitative estimate of drug-likeness (QED) is 0.911. The van der Waals surface area contributed by atoms with E-state index in [0.717, 1.165) is 37.1 Å². The summed E-state index contributed by atoms with van der Waals surface area (Å²) < 4.78 is 5.47. The van der Waals surface area contributed by atoms with Gasteiger partial charge in [-0.15, -0.1) is 0 Å². The molecule has 1 aliphatic heterocycles. The maximum absolute atomic E-state index is 5.47. The Balaban J connectivity index is 1.59. The highest BCUT2D eigenvalue weighted by atomic mass is 16.5. The van der Waals surface area contributed by atoms with Gasteiger partial charge in [0.25, 0.3) is 0 Å².